The summed E-state index contributed by atoms with van der Waals surface area (Å²) in [6.07, 6.45) is 4.89. The third-order valence-electron chi connectivity index (χ3n) is 4.08. The summed E-state index contributed by atoms with van der Waals surface area (Å²) < 4.78 is 1.32. The molecule has 0 spiro atoms. The second-order valence-electron chi connectivity index (χ2n) is 5.93. The standard InChI is InChI=1S/C18H19N5O2S/c1-11-12(2)21-10-23(18(11)25)9-16(24)20-8-15-13(3)22-17(26-15)14-5-4-6-19-7-14/h4-7,10H,8-9H2,1-3H3,(H,20,24). The van der Waals surface area contributed by atoms with Gasteiger partial charge in [-0.2, -0.15) is 0 Å². The number of pyridine rings is 1. The Morgan fingerprint density at radius 2 is 2.08 bits per heavy atom. The summed E-state index contributed by atoms with van der Waals surface area (Å²) in [6.45, 7) is 5.71. The number of hydrogen-bond acceptors (Lipinski definition) is 6. The maximum atomic E-state index is 12.2. The zero-order valence-electron chi connectivity index (χ0n) is 14.8. The van der Waals surface area contributed by atoms with Crippen molar-refractivity contribution >= 4 is 17.2 Å². The Balaban J connectivity index is 1.66. The number of carbonyl (C=O) groups excluding carboxylic acids is 1. The van der Waals surface area contributed by atoms with E-state index in [0.717, 1.165) is 21.1 Å². The monoisotopic (exact) mass is 369 g/mol. The Hall–Kier alpha value is -2.87. The van der Waals surface area contributed by atoms with Gasteiger partial charge in [-0.1, -0.05) is 0 Å². The van der Waals surface area contributed by atoms with Gasteiger partial charge in [-0.3, -0.25) is 19.1 Å². The van der Waals surface area contributed by atoms with Gasteiger partial charge in [-0.15, -0.1) is 11.3 Å². The Morgan fingerprint density at radius 1 is 1.27 bits per heavy atom. The average molecular weight is 369 g/mol. The molecule has 0 aliphatic carbocycles. The first-order valence-corrected chi connectivity index (χ1v) is 8.93. The second kappa shape index (κ2) is 7.57. The number of aromatic nitrogens is 4. The fraction of sp³-hybridized carbons (Fsp3) is 0.278. The van der Waals surface area contributed by atoms with Gasteiger partial charge in [-0.25, -0.2) is 9.97 Å². The number of carbonyl (C=O) groups is 1. The Morgan fingerprint density at radius 3 is 2.81 bits per heavy atom. The number of thiazole rings is 1. The molecule has 26 heavy (non-hydrogen) atoms. The van der Waals surface area contributed by atoms with E-state index < -0.39 is 0 Å². The molecule has 3 aromatic rings. The molecule has 0 radical (unpaired) electrons. The van der Waals surface area contributed by atoms with Crippen molar-refractivity contribution in [1.29, 1.82) is 0 Å². The van der Waals surface area contributed by atoms with Crippen LogP contribution in [-0.4, -0.2) is 25.4 Å². The topological polar surface area (TPSA) is 89.8 Å². The fourth-order valence-electron chi connectivity index (χ4n) is 2.38. The fourth-order valence-corrected chi connectivity index (χ4v) is 3.37. The number of amides is 1. The van der Waals surface area contributed by atoms with Crippen LogP contribution in [0.5, 0.6) is 0 Å². The summed E-state index contributed by atoms with van der Waals surface area (Å²) in [5.41, 5.74) is 2.86. The van der Waals surface area contributed by atoms with Crippen molar-refractivity contribution in [3.05, 3.63) is 63.0 Å². The van der Waals surface area contributed by atoms with Crippen LogP contribution < -0.4 is 10.9 Å². The molecule has 0 fully saturated rings. The third-order valence-corrected chi connectivity index (χ3v) is 5.28. The molecule has 0 atom stereocenters. The first-order chi connectivity index (χ1) is 12.5. The molecule has 3 aromatic heterocycles. The lowest BCUT2D eigenvalue weighted by molar-refractivity contribution is -0.121. The van der Waals surface area contributed by atoms with Crippen molar-refractivity contribution in [1.82, 2.24) is 24.8 Å². The van der Waals surface area contributed by atoms with Crippen molar-refractivity contribution in [2.75, 3.05) is 0 Å². The van der Waals surface area contributed by atoms with Crippen LogP contribution in [0.3, 0.4) is 0 Å². The lowest BCUT2D eigenvalue weighted by Crippen LogP contribution is -2.33. The summed E-state index contributed by atoms with van der Waals surface area (Å²) in [5.74, 6) is -0.243. The van der Waals surface area contributed by atoms with E-state index in [4.69, 9.17) is 0 Å². The van der Waals surface area contributed by atoms with Crippen LogP contribution >= 0.6 is 11.3 Å². The molecular weight excluding hydrogens is 350 g/mol. The first kappa shape index (κ1) is 17.9. The van der Waals surface area contributed by atoms with Crippen LogP contribution in [-0.2, 0) is 17.9 Å². The van der Waals surface area contributed by atoms with Crippen LogP contribution in [0.4, 0.5) is 0 Å². The van der Waals surface area contributed by atoms with Crippen LogP contribution in [0.1, 0.15) is 21.8 Å². The number of hydrogen-bond donors (Lipinski definition) is 1. The van der Waals surface area contributed by atoms with E-state index in [-0.39, 0.29) is 18.0 Å². The Labute approximate surface area is 154 Å². The van der Waals surface area contributed by atoms with Gasteiger partial charge < -0.3 is 5.32 Å². The largest absolute Gasteiger partial charge is 0.350 e. The van der Waals surface area contributed by atoms with E-state index in [1.807, 2.05) is 19.1 Å². The van der Waals surface area contributed by atoms with E-state index >= 15 is 0 Å². The molecule has 0 aliphatic heterocycles. The highest BCUT2D eigenvalue weighted by Gasteiger charge is 2.12. The summed E-state index contributed by atoms with van der Waals surface area (Å²) in [5, 5.41) is 3.71. The van der Waals surface area contributed by atoms with Gasteiger partial charge in [-0.05, 0) is 32.9 Å². The molecule has 0 saturated heterocycles. The zero-order valence-corrected chi connectivity index (χ0v) is 15.6. The number of nitrogens with one attached hydrogen (secondary N) is 1. The van der Waals surface area contributed by atoms with Gasteiger partial charge >= 0.3 is 0 Å². The van der Waals surface area contributed by atoms with Crippen LogP contribution in [0, 0.1) is 20.8 Å². The van der Waals surface area contributed by atoms with Gasteiger partial charge in [0.1, 0.15) is 11.6 Å². The Kier molecular flexibility index (Phi) is 5.22. The lowest BCUT2D eigenvalue weighted by atomic mass is 10.3. The maximum Gasteiger partial charge on any atom is 0.256 e. The average Bonchev–Trinajstić information content (AvgIpc) is 3.02. The molecule has 134 valence electrons. The predicted octanol–water partition coefficient (Wildman–Crippen LogP) is 2.00. The van der Waals surface area contributed by atoms with Gasteiger partial charge in [0.15, 0.2) is 0 Å². The van der Waals surface area contributed by atoms with E-state index in [9.17, 15) is 9.59 Å². The van der Waals surface area contributed by atoms with Crippen molar-refractivity contribution in [3.63, 3.8) is 0 Å². The summed E-state index contributed by atoms with van der Waals surface area (Å²) >= 11 is 1.52. The van der Waals surface area contributed by atoms with E-state index in [1.165, 1.54) is 22.2 Å². The van der Waals surface area contributed by atoms with Crippen molar-refractivity contribution in [2.24, 2.45) is 0 Å². The summed E-state index contributed by atoms with van der Waals surface area (Å²) in [7, 11) is 0. The van der Waals surface area contributed by atoms with Crippen molar-refractivity contribution in [2.45, 2.75) is 33.9 Å². The molecule has 0 bridgehead atoms. The predicted molar refractivity (Wildman–Crippen MR) is 99.9 cm³/mol. The first-order valence-electron chi connectivity index (χ1n) is 8.11. The van der Waals surface area contributed by atoms with Crippen LogP contribution in [0.25, 0.3) is 10.6 Å². The minimum absolute atomic E-state index is 0.0553. The third kappa shape index (κ3) is 3.85. The molecule has 0 unspecified atom stereocenters. The molecule has 3 heterocycles. The molecule has 1 amide bonds. The highest BCUT2D eigenvalue weighted by Crippen LogP contribution is 2.27. The van der Waals surface area contributed by atoms with Crippen molar-refractivity contribution < 1.29 is 4.79 Å². The SMILES string of the molecule is Cc1nc(-c2cccnc2)sc1CNC(=O)Cn1cnc(C)c(C)c1=O. The van der Waals surface area contributed by atoms with Gasteiger partial charge in [0.2, 0.25) is 5.91 Å². The molecule has 0 saturated carbocycles. The van der Waals surface area contributed by atoms with Crippen LogP contribution in [0.2, 0.25) is 0 Å². The molecule has 3 rings (SSSR count). The smallest absolute Gasteiger partial charge is 0.256 e. The molecule has 1 N–H and O–H groups in total. The minimum Gasteiger partial charge on any atom is -0.350 e. The number of rotatable bonds is 5. The molecule has 8 heteroatoms. The highest BCUT2D eigenvalue weighted by atomic mass is 32.1. The van der Waals surface area contributed by atoms with Crippen molar-refractivity contribution in [3.8, 4) is 10.6 Å². The molecular formula is C18H19N5O2S. The maximum absolute atomic E-state index is 12.2. The van der Waals surface area contributed by atoms with Gasteiger partial charge in [0, 0.05) is 34.1 Å². The zero-order chi connectivity index (χ0) is 18.7. The van der Waals surface area contributed by atoms with Crippen LogP contribution in [0.15, 0.2) is 35.6 Å². The van der Waals surface area contributed by atoms with E-state index in [0.29, 0.717) is 17.8 Å². The highest BCUT2D eigenvalue weighted by molar-refractivity contribution is 7.15. The summed E-state index contributed by atoms with van der Waals surface area (Å²) in [6, 6.07) is 3.82. The van der Waals surface area contributed by atoms with Gasteiger partial charge in [0.25, 0.3) is 5.56 Å². The minimum atomic E-state index is -0.243. The second-order valence-corrected chi connectivity index (χ2v) is 7.02. The van der Waals surface area contributed by atoms with Gasteiger partial charge in [0.05, 0.1) is 18.6 Å². The molecule has 0 aliphatic rings. The lowest BCUT2D eigenvalue weighted by Gasteiger charge is -2.08. The normalized spacial score (nSPS) is 10.7. The molecule has 0 aromatic carbocycles. The van der Waals surface area contributed by atoms with E-state index in [1.54, 1.807) is 26.2 Å². The van der Waals surface area contributed by atoms with E-state index in [2.05, 4.69) is 20.3 Å². The number of aryl methyl sites for hydroxylation is 2. The Bertz CT molecular complexity index is 995. The quantitative estimate of drug-likeness (QED) is 0.743. The number of nitrogens with zero attached hydrogens (tertiary/aromatic N) is 4. The molecule has 7 nitrogen and oxygen atoms in total. The summed E-state index contributed by atoms with van der Waals surface area (Å²) in [4.78, 5) is 38.1.